The van der Waals surface area contributed by atoms with Crippen LogP contribution in [-0.4, -0.2) is 57.8 Å². The highest BCUT2D eigenvalue weighted by Gasteiger charge is 2.68. The van der Waals surface area contributed by atoms with Gasteiger partial charge in [-0.2, -0.15) is 0 Å². The van der Waals surface area contributed by atoms with Gasteiger partial charge in [0.2, 0.25) is 5.78 Å². The van der Waals surface area contributed by atoms with E-state index in [0.717, 1.165) is 24.8 Å². The van der Waals surface area contributed by atoms with Crippen molar-refractivity contribution in [2.45, 2.75) is 96.2 Å². The van der Waals surface area contributed by atoms with Gasteiger partial charge in [-0.1, -0.05) is 25.8 Å². The predicted molar refractivity (Wildman–Crippen MR) is 125 cm³/mol. The lowest BCUT2D eigenvalue weighted by atomic mass is 9.45. The minimum atomic E-state index is -1.62. The second kappa shape index (κ2) is 9.47. The van der Waals surface area contributed by atoms with E-state index in [1.165, 1.54) is 0 Å². The second-order valence-corrected chi connectivity index (χ2v) is 11.6. The van der Waals surface area contributed by atoms with Crippen LogP contribution in [0.1, 0.15) is 84.5 Å². The third-order valence-corrected chi connectivity index (χ3v) is 9.91. The van der Waals surface area contributed by atoms with Crippen molar-refractivity contribution in [2.24, 2.45) is 28.6 Å². The van der Waals surface area contributed by atoms with Crippen LogP contribution in [0, 0.1) is 28.6 Å². The molecule has 0 aromatic carbocycles. The van der Waals surface area contributed by atoms with Crippen molar-refractivity contribution in [1.82, 2.24) is 0 Å². The van der Waals surface area contributed by atoms with Crippen LogP contribution in [0.3, 0.4) is 0 Å². The fourth-order valence-corrected chi connectivity index (χ4v) is 8.05. The van der Waals surface area contributed by atoms with Crippen LogP contribution >= 0.6 is 0 Å². The number of Topliss-reactive ketones (excluding diaryl/α,β-unsaturated/α-hetero) is 1. The maximum Gasteiger partial charge on any atom is 0.306 e. The Bertz CT molecular complexity index is 865. The molecule has 7 atom stereocenters. The van der Waals surface area contributed by atoms with Crippen molar-refractivity contribution < 1.29 is 34.4 Å². The number of allylic oxidation sites excluding steroid dienone is 1. The maximum atomic E-state index is 13.2. The predicted octanol–water partition coefficient (Wildman–Crippen LogP) is 2.89. The summed E-state index contributed by atoms with van der Waals surface area (Å²) in [5.74, 6) is -0.472. The van der Waals surface area contributed by atoms with Crippen molar-refractivity contribution in [3.63, 3.8) is 0 Å². The highest BCUT2D eigenvalue weighted by atomic mass is 16.5. The minimum absolute atomic E-state index is 0.0212. The molecule has 34 heavy (non-hydrogen) atoms. The third-order valence-electron chi connectivity index (χ3n) is 9.91. The SMILES string of the molecule is C[C@]12CCC(=O)C=C1CC[C@@H]1[C@@H]2[C@@H](O)C[C@@]2(C)[C@H]1CC[C@]2(O)C(=O)COC(=O)CCCCCO. The van der Waals surface area contributed by atoms with E-state index in [1.807, 2.05) is 6.92 Å². The maximum absolute atomic E-state index is 13.2. The summed E-state index contributed by atoms with van der Waals surface area (Å²) >= 11 is 0. The van der Waals surface area contributed by atoms with Gasteiger partial charge in [0.1, 0.15) is 5.60 Å². The summed E-state index contributed by atoms with van der Waals surface area (Å²) in [4.78, 5) is 37.3. The lowest BCUT2D eigenvalue weighted by Gasteiger charge is -2.60. The molecule has 4 rings (SSSR count). The van der Waals surface area contributed by atoms with Crippen molar-refractivity contribution in [1.29, 1.82) is 0 Å². The van der Waals surface area contributed by atoms with Crippen LogP contribution in [0.2, 0.25) is 0 Å². The zero-order valence-corrected chi connectivity index (χ0v) is 20.6. The number of esters is 1. The van der Waals surface area contributed by atoms with Gasteiger partial charge >= 0.3 is 5.97 Å². The number of carbonyl (C=O) groups excluding carboxylic acids is 3. The van der Waals surface area contributed by atoms with Crippen LogP contribution < -0.4 is 0 Å². The van der Waals surface area contributed by atoms with E-state index in [4.69, 9.17) is 9.84 Å². The van der Waals surface area contributed by atoms with Crippen LogP contribution in [-0.2, 0) is 19.1 Å². The van der Waals surface area contributed by atoms with Gasteiger partial charge < -0.3 is 20.1 Å². The molecule has 7 heteroatoms. The number of fused-ring (bicyclic) bond motifs is 5. The zero-order chi connectivity index (χ0) is 24.7. The van der Waals surface area contributed by atoms with E-state index in [1.54, 1.807) is 6.08 Å². The number of hydrogen-bond acceptors (Lipinski definition) is 7. The molecule has 0 aliphatic heterocycles. The van der Waals surface area contributed by atoms with Gasteiger partial charge in [-0.3, -0.25) is 14.4 Å². The molecule has 3 N–H and O–H groups in total. The van der Waals surface area contributed by atoms with Gasteiger partial charge in [-0.15, -0.1) is 0 Å². The zero-order valence-electron chi connectivity index (χ0n) is 20.6. The molecule has 0 unspecified atom stereocenters. The van der Waals surface area contributed by atoms with E-state index < -0.39 is 35.5 Å². The molecule has 0 spiro atoms. The van der Waals surface area contributed by atoms with E-state index >= 15 is 0 Å². The molecule has 0 aromatic heterocycles. The number of ketones is 2. The Morgan fingerprint density at radius 1 is 1.12 bits per heavy atom. The van der Waals surface area contributed by atoms with E-state index in [0.29, 0.717) is 44.9 Å². The molecule has 3 fully saturated rings. The highest BCUT2D eigenvalue weighted by Crippen LogP contribution is 2.67. The summed E-state index contributed by atoms with van der Waals surface area (Å²) < 4.78 is 5.20. The molecule has 0 amide bonds. The van der Waals surface area contributed by atoms with Crippen LogP contribution in [0.5, 0.6) is 0 Å². The van der Waals surface area contributed by atoms with Crippen molar-refractivity contribution >= 4 is 17.5 Å². The van der Waals surface area contributed by atoms with Crippen molar-refractivity contribution in [2.75, 3.05) is 13.2 Å². The number of ether oxygens (including phenoxy) is 1. The van der Waals surface area contributed by atoms with Gasteiger partial charge in [-0.05, 0) is 80.6 Å². The van der Waals surface area contributed by atoms with Gasteiger partial charge in [0.25, 0.3) is 0 Å². The highest BCUT2D eigenvalue weighted by molar-refractivity contribution is 5.92. The summed E-state index contributed by atoms with van der Waals surface area (Å²) in [5.41, 5.74) is -1.46. The molecular weight excluding hydrogens is 436 g/mol. The standard InChI is InChI=1S/C27H40O7/c1-25-11-9-18(29)14-17(25)7-8-19-20-10-12-27(33,26(20,2)15-21(30)24(19)25)22(31)16-34-23(32)6-4-3-5-13-28/h14,19-21,24,28,30,33H,3-13,15-16H2,1-2H3/t19-,20-,21-,24+,25-,26-,27-/m0/s1. The normalized spacial score (nSPS) is 41.2. The Balaban J connectivity index is 1.47. The molecule has 7 nitrogen and oxygen atoms in total. The van der Waals surface area contributed by atoms with Crippen LogP contribution in [0.4, 0.5) is 0 Å². The first-order valence-electron chi connectivity index (χ1n) is 13.0. The number of aliphatic hydroxyl groups is 3. The average molecular weight is 477 g/mol. The van der Waals surface area contributed by atoms with Gasteiger partial charge in [0, 0.05) is 24.9 Å². The Labute approximate surface area is 201 Å². The number of hydrogen-bond donors (Lipinski definition) is 3. The molecule has 3 saturated carbocycles. The van der Waals surface area contributed by atoms with Crippen molar-refractivity contribution in [3.8, 4) is 0 Å². The molecule has 4 aliphatic rings. The lowest BCUT2D eigenvalue weighted by Crippen LogP contribution is -2.62. The van der Waals surface area contributed by atoms with E-state index in [9.17, 15) is 24.6 Å². The molecule has 0 aromatic rings. The number of rotatable bonds is 8. The van der Waals surface area contributed by atoms with Crippen LogP contribution in [0.15, 0.2) is 11.6 Å². The Kier molecular flexibility index (Phi) is 7.11. The Hall–Kier alpha value is -1.57. The van der Waals surface area contributed by atoms with Crippen LogP contribution in [0.25, 0.3) is 0 Å². The first kappa shape index (κ1) is 25.5. The molecular formula is C27H40O7. The quantitative estimate of drug-likeness (QED) is 0.364. The molecule has 0 saturated heterocycles. The average Bonchev–Trinajstić information content (AvgIpc) is 3.06. The molecule has 0 radical (unpaired) electrons. The summed E-state index contributed by atoms with van der Waals surface area (Å²) in [6.45, 7) is 3.74. The molecule has 0 bridgehead atoms. The first-order chi connectivity index (χ1) is 16.1. The Morgan fingerprint density at radius 2 is 1.88 bits per heavy atom. The summed E-state index contributed by atoms with van der Waals surface area (Å²) in [6, 6.07) is 0. The van der Waals surface area contributed by atoms with Gasteiger partial charge in [0.05, 0.1) is 6.10 Å². The van der Waals surface area contributed by atoms with E-state index in [2.05, 4.69) is 6.92 Å². The third kappa shape index (κ3) is 4.07. The summed E-state index contributed by atoms with van der Waals surface area (Å²) in [6.07, 6.45) is 7.52. The van der Waals surface area contributed by atoms with Crippen molar-refractivity contribution in [3.05, 3.63) is 11.6 Å². The first-order valence-corrected chi connectivity index (χ1v) is 13.0. The number of unbranched alkanes of at least 4 members (excludes halogenated alkanes) is 2. The number of aliphatic hydroxyl groups excluding tert-OH is 2. The number of carbonyl (C=O) groups is 3. The second-order valence-electron chi connectivity index (χ2n) is 11.6. The smallest absolute Gasteiger partial charge is 0.306 e. The topological polar surface area (TPSA) is 121 Å². The van der Waals surface area contributed by atoms with E-state index in [-0.39, 0.29) is 42.0 Å². The molecule has 0 heterocycles. The fourth-order valence-electron chi connectivity index (χ4n) is 8.05. The summed E-state index contributed by atoms with van der Waals surface area (Å²) in [5, 5.41) is 31.9. The minimum Gasteiger partial charge on any atom is -0.458 e. The van der Waals surface area contributed by atoms with Gasteiger partial charge in [-0.25, -0.2) is 0 Å². The lowest BCUT2D eigenvalue weighted by molar-refractivity contribution is -0.184. The monoisotopic (exact) mass is 476 g/mol. The molecule has 190 valence electrons. The summed E-state index contributed by atoms with van der Waals surface area (Å²) in [7, 11) is 0. The molecule has 4 aliphatic carbocycles. The fraction of sp³-hybridized carbons (Fsp3) is 0.815. The Morgan fingerprint density at radius 3 is 2.62 bits per heavy atom. The largest absolute Gasteiger partial charge is 0.458 e. The van der Waals surface area contributed by atoms with Gasteiger partial charge in [0.15, 0.2) is 12.4 Å².